The highest BCUT2D eigenvalue weighted by Crippen LogP contribution is 2.31. The monoisotopic (exact) mass is 343 g/mol. The van der Waals surface area contributed by atoms with Gasteiger partial charge in [-0.05, 0) is 18.4 Å². The van der Waals surface area contributed by atoms with Gasteiger partial charge in [0.2, 0.25) is 0 Å². The van der Waals surface area contributed by atoms with Gasteiger partial charge in [0.25, 0.3) is 5.91 Å². The molecular weight excluding hydrogens is 331 g/mol. The summed E-state index contributed by atoms with van der Waals surface area (Å²) in [6.07, 6.45) is -2.34. The van der Waals surface area contributed by atoms with Crippen molar-refractivity contribution < 1.29 is 22.7 Å². The third kappa shape index (κ3) is 4.13. The summed E-state index contributed by atoms with van der Waals surface area (Å²) < 4.78 is 44.2. The highest BCUT2D eigenvalue weighted by molar-refractivity contribution is 7.98. The minimum absolute atomic E-state index is 0.0599. The molecule has 0 aliphatic carbocycles. The first-order valence-corrected chi connectivity index (χ1v) is 7.51. The Bertz CT molecular complexity index is 723. The highest BCUT2D eigenvalue weighted by atomic mass is 32.2. The van der Waals surface area contributed by atoms with Gasteiger partial charge in [-0.1, -0.05) is 17.8 Å². The predicted octanol–water partition coefficient (Wildman–Crippen LogP) is 3.48. The molecule has 0 aliphatic rings. The number of thioether (sulfide) groups is 1. The van der Waals surface area contributed by atoms with Crippen LogP contribution in [0.2, 0.25) is 0 Å². The summed E-state index contributed by atoms with van der Waals surface area (Å²) >= 11 is 0.958. The molecule has 2 rings (SSSR count). The van der Waals surface area contributed by atoms with Crippen LogP contribution < -0.4 is 10.1 Å². The third-order valence-electron chi connectivity index (χ3n) is 2.79. The van der Waals surface area contributed by atoms with Crippen molar-refractivity contribution in [3.8, 4) is 5.75 Å². The minimum Gasteiger partial charge on any atom is -0.497 e. The molecule has 1 heterocycles. The molecule has 1 aromatic heterocycles. The number of halogens is 3. The fourth-order valence-corrected chi connectivity index (χ4v) is 2.09. The molecule has 0 saturated carbocycles. The first-order chi connectivity index (χ1) is 10.8. The smallest absolute Gasteiger partial charge is 0.434 e. The topological polar surface area (TPSA) is 64.1 Å². The Morgan fingerprint density at radius 1 is 1.35 bits per heavy atom. The Kier molecular flexibility index (Phi) is 5.09. The van der Waals surface area contributed by atoms with Crippen molar-refractivity contribution >= 4 is 23.4 Å². The second kappa shape index (κ2) is 6.86. The van der Waals surface area contributed by atoms with Crippen molar-refractivity contribution in [2.24, 2.45) is 0 Å². The SMILES string of the molecule is COc1cccc(NC(=O)c2cnc(SC)nc2C(F)(F)F)c1. The van der Waals surface area contributed by atoms with E-state index in [-0.39, 0.29) is 5.16 Å². The van der Waals surface area contributed by atoms with Crippen LogP contribution in [0.3, 0.4) is 0 Å². The van der Waals surface area contributed by atoms with Gasteiger partial charge in [0.1, 0.15) is 5.75 Å². The number of anilines is 1. The number of nitrogens with one attached hydrogen (secondary N) is 1. The van der Waals surface area contributed by atoms with Crippen LogP contribution in [0.15, 0.2) is 35.6 Å². The molecule has 2 aromatic rings. The molecule has 0 saturated heterocycles. The summed E-state index contributed by atoms with van der Waals surface area (Å²) in [5, 5.41) is 2.32. The number of methoxy groups -OCH3 is 1. The fraction of sp³-hybridized carbons (Fsp3) is 0.214. The number of hydrogen-bond donors (Lipinski definition) is 1. The molecule has 0 unspecified atom stereocenters. The number of rotatable bonds is 4. The van der Waals surface area contributed by atoms with Gasteiger partial charge in [-0.25, -0.2) is 9.97 Å². The molecule has 0 aliphatic heterocycles. The molecule has 23 heavy (non-hydrogen) atoms. The molecule has 0 atom stereocenters. The summed E-state index contributed by atoms with van der Waals surface area (Å²) in [6, 6.07) is 6.27. The number of alkyl halides is 3. The van der Waals surface area contributed by atoms with Gasteiger partial charge in [0.15, 0.2) is 10.9 Å². The van der Waals surface area contributed by atoms with E-state index >= 15 is 0 Å². The van der Waals surface area contributed by atoms with E-state index in [2.05, 4.69) is 15.3 Å². The lowest BCUT2D eigenvalue weighted by atomic mass is 10.2. The summed E-state index contributed by atoms with van der Waals surface area (Å²) in [6.45, 7) is 0. The third-order valence-corrected chi connectivity index (χ3v) is 3.35. The van der Waals surface area contributed by atoms with Gasteiger partial charge in [-0.15, -0.1) is 0 Å². The van der Waals surface area contributed by atoms with Crippen molar-refractivity contribution in [1.29, 1.82) is 0 Å². The average Bonchev–Trinajstić information content (AvgIpc) is 2.53. The van der Waals surface area contributed by atoms with Gasteiger partial charge in [0.05, 0.1) is 12.7 Å². The zero-order valence-corrected chi connectivity index (χ0v) is 13.0. The van der Waals surface area contributed by atoms with Crippen LogP contribution >= 0.6 is 11.8 Å². The Morgan fingerprint density at radius 3 is 2.70 bits per heavy atom. The number of aromatic nitrogens is 2. The fourth-order valence-electron chi connectivity index (χ4n) is 1.75. The lowest BCUT2D eigenvalue weighted by molar-refractivity contribution is -0.142. The zero-order chi connectivity index (χ0) is 17.0. The van der Waals surface area contributed by atoms with Crippen molar-refractivity contribution in [3.05, 3.63) is 41.7 Å². The zero-order valence-electron chi connectivity index (χ0n) is 12.1. The lowest BCUT2D eigenvalue weighted by Gasteiger charge is -2.12. The van der Waals surface area contributed by atoms with Gasteiger partial charge >= 0.3 is 6.18 Å². The van der Waals surface area contributed by atoms with Crippen molar-refractivity contribution in [1.82, 2.24) is 9.97 Å². The second-order valence-electron chi connectivity index (χ2n) is 4.30. The van der Waals surface area contributed by atoms with Crippen molar-refractivity contribution in [3.63, 3.8) is 0 Å². The predicted molar refractivity (Wildman–Crippen MR) is 79.8 cm³/mol. The van der Waals surface area contributed by atoms with E-state index < -0.39 is 23.3 Å². The van der Waals surface area contributed by atoms with Gasteiger partial charge < -0.3 is 10.1 Å². The molecule has 0 fully saturated rings. The first kappa shape index (κ1) is 17.1. The number of carbonyl (C=O) groups is 1. The molecule has 0 spiro atoms. The van der Waals surface area contributed by atoms with E-state index in [1.54, 1.807) is 18.4 Å². The number of amides is 1. The molecule has 0 bridgehead atoms. The normalized spacial score (nSPS) is 11.2. The average molecular weight is 343 g/mol. The maximum atomic E-state index is 13.1. The number of benzene rings is 1. The number of ether oxygens (including phenoxy) is 1. The van der Waals surface area contributed by atoms with Crippen molar-refractivity contribution in [2.75, 3.05) is 18.7 Å². The Balaban J connectivity index is 2.35. The molecule has 122 valence electrons. The van der Waals surface area contributed by atoms with Crippen LogP contribution in [0.5, 0.6) is 5.75 Å². The number of nitrogens with zero attached hydrogens (tertiary/aromatic N) is 2. The number of carbonyl (C=O) groups excluding carboxylic acids is 1. The molecular formula is C14H12F3N3O2S. The Labute approximate surface area is 134 Å². The highest BCUT2D eigenvalue weighted by Gasteiger charge is 2.38. The summed E-state index contributed by atoms with van der Waals surface area (Å²) in [5.74, 6) is -0.481. The van der Waals surface area contributed by atoms with E-state index in [0.717, 1.165) is 18.0 Å². The Morgan fingerprint density at radius 2 is 2.09 bits per heavy atom. The number of hydrogen-bond acceptors (Lipinski definition) is 5. The van der Waals surface area contributed by atoms with E-state index in [4.69, 9.17) is 4.74 Å². The standard InChI is InChI=1S/C14H12F3N3O2S/c1-22-9-5-3-4-8(6-9)19-12(21)10-7-18-13(23-2)20-11(10)14(15,16)17/h3-7H,1-2H3,(H,19,21). The maximum absolute atomic E-state index is 13.1. The second-order valence-corrected chi connectivity index (χ2v) is 5.08. The van der Waals surface area contributed by atoms with E-state index in [0.29, 0.717) is 11.4 Å². The van der Waals surface area contributed by atoms with Crippen LogP contribution in [0.1, 0.15) is 16.1 Å². The molecule has 5 nitrogen and oxygen atoms in total. The van der Waals surface area contributed by atoms with E-state index in [9.17, 15) is 18.0 Å². The summed E-state index contributed by atoms with van der Waals surface area (Å²) in [4.78, 5) is 19.3. The summed E-state index contributed by atoms with van der Waals surface area (Å²) in [7, 11) is 1.44. The van der Waals surface area contributed by atoms with E-state index in [1.165, 1.54) is 19.2 Å². The van der Waals surface area contributed by atoms with E-state index in [1.807, 2.05) is 0 Å². The molecule has 1 amide bonds. The Hall–Kier alpha value is -2.29. The molecule has 9 heteroatoms. The summed E-state index contributed by atoms with van der Waals surface area (Å²) in [5.41, 5.74) is -1.60. The lowest BCUT2D eigenvalue weighted by Crippen LogP contribution is -2.21. The van der Waals surface area contributed by atoms with Crippen LogP contribution in [0.25, 0.3) is 0 Å². The van der Waals surface area contributed by atoms with Crippen molar-refractivity contribution in [2.45, 2.75) is 11.3 Å². The first-order valence-electron chi connectivity index (χ1n) is 6.28. The van der Waals surface area contributed by atoms with Crippen LogP contribution in [0.4, 0.5) is 18.9 Å². The van der Waals surface area contributed by atoms with Crippen LogP contribution in [-0.2, 0) is 6.18 Å². The molecule has 1 N–H and O–H groups in total. The minimum atomic E-state index is -4.76. The quantitative estimate of drug-likeness (QED) is 0.680. The molecule has 0 radical (unpaired) electrons. The van der Waals surface area contributed by atoms with Gasteiger partial charge in [0, 0.05) is 18.0 Å². The van der Waals surface area contributed by atoms with Gasteiger partial charge in [-0.3, -0.25) is 4.79 Å². The maximum Gasteiger partial charge on any atom is 0.434 e. The molecule has 1 aromatic carbocycles. The largest absolute Gasteiger partial charge is 0.497 e. The van der Waals surface area contributed by atoms with Gasteiger partial charge in [-0.2, -0.15) is 13.2 Å². The van der Waals surface area contributed by atoms with Crippen LogP contribution in [0, 0.1) is 0 Å². The van der Waals surface area contributed by atoms with Crippen LogP contribution in [-0.4, -0.2) is 29.2 Å².